The Kier molecular flexibility index (Phi) is 6.09. The molecule has 0 fully saturated rings. The maximum atomic E-state index is 12.3. The molecule has 2 aromatic carbocycles. The van der Waals surface area contributed by atoms with Crippen molar-refractivity contribution in [3.05, 3.63) is 63.6 Å². The smallest absolute Gasteiger partial charge is 0.237 e. The molecule has 2 nitrogen and oxygen atoms in total. The number of benzene rings is 2. The second kappa shape index (κ2) is 7.84. The maximum Gasteiger partial charge on any atom is 0.237 e. The number of hydrogen-bond acceptors (Lipinski definition) is 2. The Morgan fingerprint density at radius 2 is 1.95 bits per heavy atom. The van der Waals surface area contributed by atoms with Crippen LogP contribution in [0.2, 0.25) is 0 Å². The van der Waals surface area contributed by atoms with Crippen molar-refractivity contribution in [2.75, 3.05) is 5.32 Å². The summed E-state index contributed by atoms with van der Waals surface area (Å²) >= 11 is 5.18. The standard InChI is InChI=1S/C18H20BrNOS/c1-12-8-9-13(2)17(10-12)20-18(21)14(3)22-11-15-6-4-5-7-16(15)19/h4-10,14H,11H2,1-3H3,(H,20,21)/t14-/m1/s1. The Labute approximate surface area is 144 Å². The molecule has 22 heavy (non-hydrogen) atoms. The quantitative estimate of drug-likeness (QED) is 0.762. The molecule has 0 saturated heterocycles. The molecule has 2 rings (SSSR count). The zero-order valence-electron chi connectivity index (χ0n) is 13.0. The minimum absolute atomic E-state index is 0.0470. The molecular formula is C18H20BrNOS. The fourth-order valence-electron chi connectivity index (χ4n) is 2.01. The second-order valence-electron chi connectivity index (χ2n) is 5.35. The maximum absolute atomic E-state index is 12.3. The lowest BCUT2D eigenvalue weighted by Gasteiger charge is -2.14. The van der Waals surface area contributed by atoms with Gasteiger partial charge in [-0.25, -0.2) is 0 Å². The lowest BCUT2D eigenvalue weighted by Crippen LogP contribution is -2.23. The van der Waals surface area contributed by atoms with Crippen molar-refractivity contribution in [2.24, 2.45) is 0 Å². The van der Waals surface area contributed by atoms with E-state index in [0.29, 0.717) is 0 Å². The third kappa shape index (κ3) is 4.62. The third-order valence-electron chi connectivity index (χ3n) is 3.47. The van der Waals surface area contributed by atoms with E-state index >= 15 is 0 Å². The van der Waals surface area contributed by atoms with E-state index in [4.69, 9.17) is 0 Å². The van der Waals surface area contributed by atoms with Crippen LogP contribution in [0.15, 0.2) is 46.9 Å². The van der Waals surface area contributed by atoms with Crippen LogP contribution in [0.25, 0.3) is 0 Å². The van der Waals surface area contributed by atoms with E-state index in [0.717, 1.165) is 27.0 Å². The summed E-state index contributed by atoms with van der Waals surface area (Å²) in [5.41, 5.74) is 4.34. The van der Waals surface area contributed by atoms with Gasteiger partial charge in [-0.2, -0.15) is 0 Å². The van der Waals surface area contributed by atoms with Gasteiger partial charge >= 0.3 is 0 Å². The summed E-state index contributed by atoms with van der Waals surface area (Å²) in [6, 6.07) is 14.2. The molecule has 0 heterocycles. The lowest BCUT2D eigenvalue weighted by atomic mass is 10.1. The molecule has 4 heteroatoms. The van der Waals surface area contributed by atoms with Gasteiger partial charge < -0.3 is 5.32 Å². The Morgan fingerprint density at radius 1 is 1.23 bits per heavy atom. The molecule has 116 valence electrons. The molecule has 0 bridgehead atoms. The van der Waals surface area contributed by atoms with Gasteiger partial charge in [0.05, 0.1) is 5.25 Å². The summed E-state index contributed by atoms with van der Waals surface area (Å²) in [5, 5.41) is 2.93. The predicted molar refractivity (Wildman–Crippen MR) is 99.4 cm³/mol. The summed E-state index contributed by atoms with van der Waals surface area (Å²) in [4.78, 5) is 12.3. The zero-order valence-corrected chi connectivity index (χ0v) is 15.4. The fraction of sp³-hybridized carbons (Fsp3) is 0.278. The van der Waals surface area contributed by atoms with Crippen molar-refractivity contribution in [3.63, 3.8) is 0 Å². The molecular weight excluding hydrogens is 358 g/mol. The summed E-state index contributed by atoms with van der Waals surface area (Å²) < 4.78 is 1.09. The van der Waals surface area contributed by atoms with Crippen molar-refractivity contribution in [3.8, 4) is 0 Å². The highest BCUT2D eigenvalue weighted by Gasteiger charge is 2.15. The largest absolute Gasteiger partial charge is 0.325 e. The van der Waals surface area contributed by atoms with Crippen LogP contribution in [0.1, 0.15) is 23.6 Å². The van der Waals surface area contributed by atoms with Gasteiger partial charge in [0.1, 0.15) is 0 Å². The Morgan fingerprint density at radius 3 is 2.68 bits per heavy atom. The van der Waals surface area contributed by atoms with Gasteiger partial charge in [0.25, 0.3) is 0 Å². The van der Waals surface area contributed by atoms with Gasteiger partial charge in [-0.15, -0.1) is 11.8 Å². The molecule has 0 saturated carbocycles. The SMILES string of the molecule is Cc1ccc(C)c(NC(=O)[C@@H](C)SCc2ccccc2Br)c1. The molecule has 2 aromatic rings. The highest BCUT2D eigenvalue weighted by atomic mass is 79.9. The number of hydrogen-bond donors (Lipinski definition) is 1. The Hall–Kier alpha value is -1.26. The molecule has 0 aromatic heterocycles. The second-order valence-corrected chi connectivity index (χ2v) is 7.54. The van der Waals surface area contributed by atoms with E-state index in [2.05, 4.69) is 33.4 Å². The van der Waals surface area contributed by atoms with E-state index in [-0.39, 0.29) is 11.2 Å². The monoisotopic (exact) mass is 377 g/mol. The average Bonchev–Trinajstić information content (AvgIpc) is 2.49. The number of rotatable bonds is 5. The van der Waals surface area contributed by atoms with E-state index in [1.165, 1.54) is 5.56 Å². The van der Waals surface area contributed by atoms with Gasteiger partial charge in [0.2, 0.25) is 5.91 Å². The molecule has 0 radical (unpaired) electrons. The molecule has 1 N–H and O–H groups in total. The summed E-state index contributed by atoms with van der Waals surface area (Å²) in [6.07, 6.45) is 0. The number of aryl methyl sites for hydroxylation is 2. The normalized spacial score (nSPS) is 12.0. The first-order valence-electron chi connectivity index (χ1n) is 7.20. The molecule has 0 aliphatic rings. The fourth-order valence-corrected chi connectivity index (χ4v) is 3.51. The van der Waals surface area contributed by atoms with Crippen molar-refractivity contribution < 1.29 is 4.79 Å². The molecule has 1 atom stereocenters. The van der Waals surface area contributed by atoms with Gasteiger partial charge in [0, 0.05) is 15.9 Å². The summed E-state index contributed by atoms with van der Waals surface area (Å²) in [6.45, 7) is 5.98. The van der Waals surface area contributed by atoms with Crippen LogP contribution in [0.5, 0.6) is 0 Å². The minimum atomic E-state index is -0.105. The average molecular weight is 378 g/mol. The van der Waals surface area contributed by atoms with Crippen molar-refractivity contribution in [1.29, 1.82) is 0 Å². The van der Waals surface area contributed by atoms with Gasteiger partial charge in [-0.1, -0.05) is 46.3 Å². The topological polar surface area (TPSA) is 29.1 Å². The number of nitrogens with one attached hydrogen (secondary N) is 1. The summed E-state index contributed by atoms with van der Waals surface area (Å²) in [7, 11) is 0. The highest BCUT2D eigenvalue weighted by Crippen LogP contribution is 2.25. The van der Waals surface area contributed by atoms with Gasteiger partial charge in [-0.05, 0) is 49.6 Å². The first-order chi connectivity index (χ1) is 10.5. The van der Waals surface area contributed by atoms with Gasteiger partial charge in [0.15, 0.2) is 0 Å². The Balaban J connectivity index is 1.95. The van der Waals surface area contributed by atoms with Crippen LogP contribution in [0.4, 0.5) is 5.69 Å². The summed E-state index contributed by atoms with van der Waals surface area (Å²) in [5.74, 6) is 0.855. The predicted octanol–water partition coefficient (Wildman–Crippen LogP) is 5.33. The molecule has 0 unspecified atom stereocenters. The lowest BCUT2D eigenvalue weighted by molar-refractivity contribution is -0.115. The van der Waals surface area contributed by atoms with Crippen LogP contribution in [0, 0.1) is 13.8 Å². The third-order valence-corrected chi connectivity index (χ3v) is 5.43. The van der Waals surface area contributed by atoms with Crippen LogP contribution < -0.4 is 5.32 Å². The van der Waals surface area contributed by atoms with E-state index in [1.54, 1.807) is 11.8 Å². The van der Waals surface area contributed by atoms with E-state index < -0.39 is 0 Å². The van der Waals surface area contributed by atoms with Crippen LogP contribution >= 0.6 is 27.7 Å². The number of thioether (sulfide) groups is 1. The number of carbonyl (C=O) groups excluding carboxylic acids is 1. The molecule has 0 aliphatic heterocycles. The zero-order chi connectivity index (χ0) is 16.1. The molecule has 1 amide bonds. The van der Waals surface area contributed by atoms with E-state index in [1.807, 2.05) is 51.1 Å². The number of halogens is 1. The van der Waals surface area contributed by atoms with Crippen LogP contribution in [-0.2, 0) is 10.5 Å². The number of amides is 1. The molecule has 0 aliphatic carbocycles. The van der Waals surface area contributed by atoms with Crippen LogP contribution in [0.3, 0.4) is 0 Å². The van der Waals surface area contributed by atoms with E-state index in [9.17, 15) is 4.79 Å². The first-order valence-corrected chi connectivity index (χ1v) is 9.04. The van der Waals surface area contributed by atoms with Crippen molar-refractivity contribution in [1.82, 2.24) is 0 Å². The minimum Gasteiger partial charge on any atom is -0.325 e. The number of anilines is 1. The van der Waals surface area contributed by atoms with Gasteiger partial charge in [-0.3, -0.25) is 4.79 Å². The highest BCUT2D eigenvalue weighted by molar-refractivity contribution is 9.10. The van der Waals surface area contributed by atoms with Crippen LogP contribution in [-0.4, -0.2) is 11.2 Å². The van der Waals surface area contributed by atoms with Crippen molar-refractivity contribution >= 4 is 39.3 Å². The first kappa shape index (κ1) is 17.1. The number of carbonyl (C=O) groups is 1. The Bertz CT molecular complexity index is 672. The van der Waals surface area contributed by atoms with Crippen molar-refractivity contribution in [2.45, 2.75) is 31.8 Å². The molecule has 0 spiro atoms.